The molecule has 0 spiro atoms. The summed E-state index contributed by atoms with van der Waals surface area (Å²) in [6, 6.07) is 5.26. The van der Waals surface area contributed by atoms with E-state index in [1.165, 1.54) is 12.5 Å². The van der Waals surface area contributed by atoms with Crippen molar-refractivity contribution in [2.75, 3.05) is 13.1 Å². The fourth-order valence-electron chi connectivity index (χ4n) is 3.00. The van der Waals surface area contributed by atoms with Gasteiger partial charge in [-0.15, -0.1) is 0 Å². The molecule has 1 aromatic rings. The van der Waals surface area contributed by atoms with E-state index in [1.807, 2.05) is 0 Å². The molecule has 0 saturated carbocycles. The van der Waals surface area contributed by atoms with E-state index in [4.69, 9.17) is 5.73 Å². The molecule has 1 aliphatic heterocycles. The number of phenolic OH excluding ortho intramolecular Hbond substituents is 2. The number of likely N-dealkylation sites (tertiary alicyclic amines) is 1. The standard InChI is InChI=1S/C15H24N2O2/c1-10-3-4-12(8-16)9-17(10)11(2)14-7-13(18)5-6-15(14)19/h5-7,10-12,18-19H,3-4,8-9,16H2,1-2H3. The second-order valence-electron chi connectivity index (χ2n) is 5.64. The summed E-state index contributed by atoms with van der Waals surface area (Å²) in [6.45, 7) is 5.95. The average molecular weight is 264 g/mol. The number of hydrogen-bond donors (Lipinski definition) is 3. The van der Waals surface area contributed by atoms with Gasteiger partial charge in [-0.25, -0.2) is 0 Å². The van der Waals surface area contributed by atoms with E-state index in [9.17, 15) is 10.2 Å². The maximum atomic E-state index is 9.98. The van der Waals surface area contributed by atoms with Crippen LogP contribution < -0.4 is 5.73 Å². The van der Waals surface area contributed by atoms with Gasteiger partial charge >= 0.3 is 0 Å². The van der Waals surface area contributed by atoms with E-state index >= 15 is 0 Å². The topological polar surface area (TPSA) is 69.7 Å². The summed E-state index contributed by atoms with van der Waals surface area (Å²) in [5.74, 6) is 0.963. The van der Waals surface area contributed by atoms with Crippen molar-refractivity contribution in [2.45, 2.75) is 38.8 Å². The summed E-state index contributed by atoms with van der Waals surface area (Å²) in [7, 11) is 0. The SMILES string of the molecule is CC1CCC(CN)CN1C(C)c1cc(O)ccc1O. The van der Waals surface area contributed by atoms with Gasteiger partial charge in [-0.3, -0.25) is 4.90 Å². The molecule has 19 heavy (non-hydrogen) atoms. The fourth-order valence-corrected chi connectivity index (χ4v) is 3.00. The Balaban J connectivity index is 2.21. The van der Waals surface area contributed by atoms with Crippen LogP contribution in [0.5, 0.6) is 11.5 Å². The number of nitrogens with zero attached hydrogens (tertiary/aromatic N) is 1. The molecule has 1 fully saturated rings. The van der Waals surface area contributed by atoms with Crippen LogP contribution in [0.4, 0.5) is 0 Å². The Morgan fingerprint density at radius 2 is 2.11 bits per heavy atom. The van der Waals surface area contributed by atoms with Crippen molar-refractivity contribution in [1.29, 1.82) is 0 Å². The first kappa shape index (κ1) is 14.2. The van der Waals surface area contributed by atoms with Gasteiger partial charge in [0.25, 0.3) is 0 Å². The minimum absolute atomic E-state index is 0.0800. The predicted octanol–water partition coefficient (Wildman–Crippen LogP) is 2.22. The number of rotatable bonds is 3. The smallest absolute Gasteiger partial charge is 0.120 e. The Morgan fingerprint density at radius 3 is 2.79 bits per heavy atom. The van der Waals surface area contributed by atoms with Gasteiger partial charge in [0.1, 0.15) is 11.5 Å². The molecular weight excluding hydrogens is 240 g/mol. The van der Waals surface area contributed by atoms with E-state index in [-0.39, 0.29) is 17.5 Å². The summed E-state index contributed by atoms with van der Waals surface area (Å²) in [5, 5.41) is 19.6. The van der Waals surface area contributed by atoms with E-state index < -0.39 is 0 Å². The zero-order valence-corrected chi connectivity index (χ0v) is 11.7. The van der Waals surface area contributed by atoms with Gasteiger partial charge in [-0.1, -0.05) is 0 Å². The first-order valence-electron chi connectivity index (χ1n) is 7.00. The highest BCUT2D eigenvalue weighted by Gasteiger charge is 2.29. The van der Waals surface area contributed by atoms with Gasteiger partial charge in [0.05, 0.1) is 0 Å². The van der Waals surface area contributed by atoms with Crippen LogP contribution in [-0.2, 0) is 0 Å². The number of piperidine rings is 1. The average Bonchev–Trinajstić information content (AvgIpc) is 2.41. The Labute approximate surface area is 114 Å². The summed E-state index contributed by atoms with van der Waals surface area (Å²) >= 11 is 0. The molecular formula is C15H24N2O2. The maximum absolute atomic E-state index is 9.98. The largest absolute Gasteiger partial charge is 0.508 e. The van der Waals surface area contributed by atoms with Crippen molar-refractivity contribution in [1.82, 2.24) is 4.90 Å². The third kappa shape index (κ3) is 3.01. The Morgan fingerprint density at radius 1 is 1.37 bits per heavy atom. The molecule has 3 atom stereocenters. The molecule has 0 aliphatic carbocycles. The van der Waals surface area contributed by atoms with Crippen molar-refractivity contribution in [3.8, 4) is 11.5 Å². The molecule has 0 amide bonds. The lowest BCUT2D eigenvalue weighted by Gasteiger charge is -2.41. The lowest BCUT2D eigenvalue weighted by molar-refractivity contribution is 0.0800. The van der Waals surface area contributed by atoms with E-state index in [0.717, 1.165) is 18.5 Å². The van der Waals surface area contributed by atoms with Crippen molar-refractivity contribution < 1.29 is 10.2 Å². The Hall–Kier alpha value is -1.26. The van der Waals surface area contributed by atoms with Gasteiger partial charge in [0, 0.05) is 24.2 Å². The second kappa shape index (κ2) is 5.80. The number of nitrogens with two attached hydrogens (primary N) is 1. The quantitative estimate of drug-likeness (QED) is 0.732. The van der Waals surface area contributed by atoms with E-state index in [2.05, 4.69) is 18.7 Å². The van der Waals surface area contributed by atoms with Gasteiger partial charge < -0.3 is 15.9 Å². The van der Waals surface area contributed by atoms with Crippen LogP contribution in [0, 0.1) is 5.92 Å². The summed E-state index contributed by atoms with van der Waals surface area (Å²) in [5.41, 5.74) is 6.57. The van der Waals surface area contributed by atoms with Crippen molar-refractivity contribution in [3.63, 3.8) is 0 Å². The first-order valence-corrected chi connectivity index (χ1v) is 7.00. The first-order chi connectivity index (χ1) is 9.02. The van der Waals surface area contributed by atoms with Crippen molar-refractivity contribution >= 4 is 0 Å². The predicted molar refractivity (Wildman–Crippen MR) is 76.1 cm³/mol. The van der Waals surface area contributed by atoms with Crippen LogP contribution in [0.2, 0.25) is 0 Å². The summed E-state index contributed by atoms with van der Waals surface area (Å²) in [6.07, 6.45) is 2.30. The van der Waals surface area contributed by atoms with E-state index in [0.29, 0.717) is 18.5 Å². The molecule has 2 rings (SSSR count). The molecule has 1 saturated heterocycles. The van der Waals surface area contributed by atoms with Crippen LogP contribution in [0.3, 0.4) is 0 Å². The fraction of sp³-hybridized carbons (Fsp3) is 0.600. The Bertz CT molecular complexity index is 436. The van der Waals surface area contributed by atoms with Crippen molar-refractivity contribution in [3.05, 3.63) is 23.8 Å². The minimum Gasteiger partial charge on any atom is -0.508 e. The molecule has 1 aromatic carbocycles. The molecule has 0 radical (unpaired) electrons. The van der Waals surface area contributed by atoms with Gasteiger partial charge in [-0.2, -0.15) is 0 Å². The Kier molecular flexibility index (Phi) is 4.32. The zero-order valence-electron chi connectivity index (χ0n) is 11.7. The number of hydrogen-bond acceptors (Lipinski definition) is 4. The van der Waals surface area contributed by atoms with Crippen molar-refractivity contribution in [2.24, 2.45) is 11.7 Å². The van der Waals surface area contributed by atoms with Gasteiger partial charge in [-0.05, 0) is 57.4 Å². The van der Waals surface area contributed by atoms with E-state index in [1.54, 1.807) is 12.1 Å². The third-order valence-corrected chi connectivity index (χ3v) is 4.32. The lowest BCUT2D eigenvalue weighted by atomic mass is 9.91. The molecule has 106 valence electrons. The zero-order chi connectivity index (χ0) is 14.0. The normalized spacial score (nSPS) is 26.3. The van der Waals surface area contributed by atoms with Gasteiger partial charge in [0.15, 0.2) is 0 Å². The number of phenols is 2. The van der Waals surface area contributed by atoms with Crippen LogP contribution in [0.1, 0.15) is 38.3 Å². The summed E-state index contributed by atoms with van der Waals surface area (Å²) in [4.78, 5) is 2.37. The van der Waals surface area contributed by atoms with Crippen LogP contribution in [0.15, 0.2) is 18.2 Å². The molecule has 1 aliphatic rings. The molecule has 0 aromatic heterocycles. The lowest BCUT2D eigenvalue weighted by Crippen LogP contribution is -2.45. The molecule has 1 heterocycles. The third-order valence-electron chi connectivity index (χ3n) is 4.32. The molecule has 4 N–H and O–H groups in total. The van der Waals surface area contributed by atoms with Gasteiger partial charge in [0.2, 0.25) is 0 Å². The number of benzene rings is 1. The second-order valence-corrected chi connectivity index (χ2v) is 5.64. The minimum atomic E-state index is 0.0800. The molecule has 3 unspecified atom stereocenters. The van der Waals surface area contributed by atoms with Crippen LogP contribution in [0.25, 0.3) is 0 Å². The summed E-state index contributed by atoms with van der Waals surface area (Å²) < 4.78 is 0. The van der Waals surface area contributed by atoms with Crippen LogP contribution in [-0.4, -0.2) is 34.2 Å². The number of aromatic hydroxyl groups is 2. The highest BCUT2D eigenvalue weighted by Crippen LogP contribution is 2.35. The highest BCUT2D eigenvalue weighted by molar-refractivity contribution is 5.40. The molecule has 4 heteroatoms. The van der Waals surface area contributed by atoms with Crippen LogP contribution >= 0.6 is 0 Å². The molecule has 0 bridgehead atoms. The maximum Gasteiger partial charge on any atom is 0.120 e. The highest BCUT2D eigenvalue weighted by atomic mass is 16.3. The monoisotopic (exact) mass is 264 g/mol. The molecule has 4 nitrogen and oxygen atoms in total.